The maximum atomic E-state index is 11.6. The summed E-state index contributed by atoms with van der Waals surface area (Å²) in [4.78, 5) is 27.3. The molecule has 7 heteroatoms. The molecule has 0 aliphatic rings. The van der Waals surface area contributed by atoms with Crippen LogP contribution in [0, 0.1) is 13.8 Å². The SMILES string of the molecule is Cc1cccc(NC(=O)C(=O)Nc2cc(C)on2)n1. The molecule has 98 valence electrons. The summed E-state index contributed by atoms with van der Waals surface area (Å²) in [7, 11) is 0. The Morgan fingerprint density at radius 1 is 1.11 bits per heavy atom. The number of nitrogens with zero attached hydrogens (tertiary/aromatic N) is 2. The lowest BCUT2D eigenvalue weighted by Gasteiger charge is -2.04. The summed E-state index contributed by atoms with van der Waals surface area (Å²) < 4.78 is 4.77. The standard InChI is InChI=1S/C12H12N4O3/c1-7-4-3-5-9(13-7)14-11(17)12(18)15-10-6-8(2)19-16-10/h3-6H,1-2H3,(H,13,14,17)(H,15,16,18). The molecule has 0 aliphatic carbocycles. The Morgan fingerprint density at radius 2 is 1.79 bits per heavy atom. The van der Waals surface area contributed by atoms with E-state index in [1.165, 1.54) is 6.07 Å². The molecule has 19 heavy (non-hydrogen) atoms. The molecular formula is C12H12N4O3. The highest BCUT2D eigenvalue weighted by atomic mass is 16.5. The van der Waals surface area contributed by atoms with E-state index in [2.05, 4.69) is 20.8 Å². The topological polar surface area (TPSA) is 97.1 Å². The molecular weight excluding hydrogens is 248 g/mol. The van der Waals surface area contributed by atoms with E-state index in [1.54, 1.807) is 32.0 Å². The molecule has 0 radical (unpaired) electrons. The van der Waals surface area contributed by atoms with Gasteiger partial charge in [-0.05, 0) is 26.0 Å². The minimum atomic E-state index is -0.836. The van der Waals surface area contributed by atoms with Gasteiger partial charge in [-0.15, -0.1) is 0 Å². The Hall–Kier alpha value is -2.70. The van der Waals surface area contributed by atoms with Gasteiger partial charge in [-0.2, -0.15) is 0 Å². The molecule has 0 fully saturated rings. The van der Waals surface area contributed by atoms with Crippen molar-refractivity contribution in [2.75, 3.05) is 10.6 Å². The normalized spacial score (nSPS) is 10.0. The van der Waals surface area contributed by atoms with E-state index >= 15 is 0 Å². The number of pyridine rings is 1. The number of amides is 2. The van der Waals surface area contributed by atoms with E-state index in [9.17, 15) is 9.59 Å². The van der Waals surface area contributed by atoms with E-state index in [0.717, 1.165) is 5.69 Å². The average molecular weight is 260 g/mol. The van der Waals surface area contributed by atoms with Gasteiger partial charge in [-0.1, -0.05) is 11.2 Å². The highest BCUT2D eigenvalue weighted by Gasteiger charge is 2.16. The molecule has 2 aromatic heterocycles. The molecule has 2 N–H and O–H groups in total. The van der Waals surface area contributed by atoms with Crippen molar-refractivity contribution in [1.82, 2.24) is 10.1 Å². The minimum absolute atomic E-state index is 0.190. The molecule has 7 nitrogen and oxygen atoms in total. The predicted molar refractivity (Wildman–Crippen MR) is 67.5 cm³/mol. The summed E-state index contributed by atoms with van der Waals surface area (Å²) >= 11 is 0. The van der Waals surface area contributed by atoms with Gasteiger partial charge in [0.15, 0.2) is 5.82 Å². The molecule has 2 heterocycles. The van der Waals surface area contributed by atoms with Crippen LogP contribution in [-0.4, -0.2) is 22.0 Å². The van der Waals surface area contributed by atoms with Gasteiger partial charge in [0.05, 0.1) is 0 Å². The van der Waals surface area contributed by atoms with Crippen LogP contribution in [0.15, 0.2) is 28.8 Å². The van der Waals surface area contributed by atoms with Crippen molar-refractivity contribution in [1.29, 1.82) is 0 Å². The molecule has 0 bridgehead atoms. The van der Waals surface area contributed by atoms with Gasteiger partial charge >= 0.3 is 11.8 Å². The molecule has 0 spiro atoms. The van der Waals surface area contributed by atoms with Gasteiger partial charge in [0.1, 0.15) is 11.6 Å². The van der Waals surface area contributed by atoms with E-state index in [1.807, 2.05) is 0 Å². The number of hydrogen-bond acceptors (Lipinski definition) is 5. The van der Waals surface area contributed by atoms with Crippen molar-refractivity contribution in [3.8, 4) is 0 Å². The van der Waals surface area contributed by atoms with Gasteiger partial charge < -0.3 is 9.84 Å². The summed E-state index contributed by atoms with van der Waals surface area (Å²) in [5.74, 6) is -0.613. The lowest BCUT2D eigenvalue weighted by molar-refractivity contribution is -0.133. The number of aryl methyl sites for hydroxylation is 2. The van der Waals surface area contributed by atoms with Gasteiger partial charge in [0.25, 0.3) is 0 Å². The lowest BCUT2D eigenvalue weighted by atomic mass is 10.3. The molecule has 0 unspecified atom stereocenters. The van der Waals surface area contributed by atoms with Crippen LogP contribution in [0.1, 0.15) is 11.5 Å². The molecule has 0 saturated carbocycles. The van der Waals surface area contributed by atoms with Crippen LogP contribution >= 0.6 is 0 Å². The minimum Gasteiger partial charge on any atom is -0.360 e. The zero-order chi connectivity index (χ0) is 13.8. The second-order valence-corrected chi connectivity index (χ2v) is 3.90. The van der Waals surface area contributed by atoms with E-state index in [-0.39, 0.29) is 5.82 Å². The largest absolute Gasteiger partial charge is 0.360 e. The fraction of sp³-hybridized carbons (Fsp3) is 0.167. The summed E-state index contributed by atoms with van der Waals surface area (Å²) in [6.07, 6.45) is 0. The highest BCUT2D eigenvalue weighted by Crippen LogP contribution is 2.07. The zero-order valence-electron chi connectivity index (χ0n) is 10.4. The maximum absolute atomic E-state index is 11.6. The molecule has 0 atom stereocenters. The zero-order valence-corrected chi connectivity index (χ0v) is 10.4. The fourth-order valence-electron chi connectivity index (χ4n) is 1.38. The van der Waals surface area contributed by atoms with Gasteiger partial charge in [-0.25, -0.2) is 4.98 Å². The lowest BCUT2D eigenvalue weighted by Crippen LogP contribution is -2.29. The Morgan fingerprint density at radius 3 is 2.37 bits per heavy atom. The summed E-state index contributed by atoms with van der Waals surface area (Å²) in [6.45, 7) is 3.47. The first-order valence-electron chi connectivity index (χ1n) is 5.54. The Balaban J connectivity index is 1.98. The predicted octanol–water partition coefficient (Wildman–Crippen LogP) is 1.26. The maximum Gasteiger partial charge on any atom is 0.315 e. The van der Waals surface area contributed by atoms with Crippen LogP contribution in [0.5, 0.6) is 0 Å². The van der Waals surface area contributed by atoms with Crippen molar-refractivity contribution in [2.45, 2.75) is 13.8 Å². The van der Waals surface area contributed by atoms with E-state index in [4.69, 9.17) is 4.52 Å². The van der Waals surface area contributed by atoms with Gasteiger partial charge in [0.2, 0.25) is 0 Å². The van der Waals surface area contributed by atoms with Crippen LogP contribution in [0.25, 0.3) is 0 Å². The van der Waals surface area contributed by atoms with Crippen molar-refractivity contribution in [2.24, 2.45) is 0 Å². The summed E-state index contributed by atoms with van der Waals surface area (Å²) in [5.41, 5.74) is 0.741. The molecule has 0 aliphatic heterocycles. The second-order valence-electron chi connectivity index (χ2n) is 3.90. The van der Waals surface area contributed by atoms with Gasteiger partial charge in [0, 0.05) is 11.8 Å². The van der Waals surface area contributed by atoms with Crippen LogP contribution in [0.2, 0.25) is 0 Å². The highest BCUT2D eigenvalue weighted by molar-refractivity contribution is 6.43. The van der Waals surface area contributed by atoms with E-state index < -0.39 is 11.8 Å². The van der Waals surface area contributed by atoms with Gasteiger partial charge in [-0.3, -0.25) is 14.9 Å². The van der Waals surface area contributed by atoms with Crippen molar-refractivity contribution in [3.05, 3.63) is 35.7 Å². The molecule has 2 rings (SSSR count). The smallest absolute Gasteiger partial charge is 0.315 e. The molecule has 2 aromatic rings. The summed E-state index contributed by atoms with van der Waals surface area (Å²) in [6, 6.07) is 6.62. The Labute approximate surface area is 109 Å². The fourth-order valence-corrected chi connectivity index (χ4v) is 1.38. The third kappa shape index (κ3) is 3.38. The molecule has 0 aromatic carbocycles. The first-order chi connectivity index (χ1) is 9.04. The number of hydrogen-bond donors (Lipinski definition) is 2. The van der Waals surface area contributed by atoms with Crippen LogP contribution in [0.4, 0.5) is 11.6 Å². The number of carbonyl (C=O) groups is 2. The molecule has 2 amide bonds. The molecule has 0 saturated heterocycles. The van der Waals surface area contributed by atoms with Crippen LogP contribution in [0.3, 0.4) is 0 Å². The first-order valence-corrected chi connectivity index (χ1v) is 5.54. The van der Waals surface area contributed by atoms with Crippen molar-refractivity contribution >= 4 is 23.5 Å². The van der Waals surface area contributed by atoms with Crippen molar-refractivity contribution in [3.63, 3.8) is 0 Å². The summed E-state index contributed by atoms with van der Waals surface area (Å²) in [5, 5.41) is 8.26. The third-order valence-electron chi connectivity index (χ3n) is 2.21. The number of anilines is 2. The number of rotatable bonds is 2. The third-order valence-corrected chi connectivity index (χ3v) is 2.21. The number of aromatic nitrogens is 2. The average Bonchev–Trinajstić information content (AvgIpc) is 2.74. The Kier molecular flexibility index (Phi) is 3.56. The van der Waals surface area contributed by atoms with E-state index in [0.29, 0.717) is 11.6 Å². The second kappa shape index (κ2) is 5.30. The quantitative estimate of drug-likeness (QED) is 0.792. The number of carbonyl (C=O) groups excluding carboxylic acids is 2. The Bertz CT molecular complexity index is 621. The van der Waals surface area contributed by atoms with Crippen LogP contribution in [-0.2, 0) is 9.59 Å². The first kappa shape index (κ1) is 12.7. The van der Waals surface area contributed by atoms with Crippen LogP contribution < -0.4 is 10.6 Å². The number of nitrogens with one attached hydrogen (secondary N) is 2. The monoisotopic (exact) mass is 260 g/mol. The van der Waals surface area contributed by atoms with Crippen molar-refractivity contribution < 1.29 is 14.1 Å².